The summed E-state index contributed by atoms with van der Waals surface area (Å²) in [6.07, 6.45) is 0.579. The monoisotopic (exact) mass is 496 g/mol. The van der Waals surface area contributed by atoms with E-state index >= 15 is 0 Å². The second-order valence-corrected chi connectivity index (χ2v) is 11.3. The first kappa shape index (κ1) is 24.9. The number of methoxy groups -OCH3 is 1. The fourth-order valence-corrected chi connectivity index (χ4v) is 6.44. The average molecular weight is 497 g/mol. The molecule has 35 heavy (non-hydrogen) atoms. The molecule has 1 fully saturated rings. The molecule has 0 spiro atoms. The van der Waals surface area contributed by atoms with E-state index in [1.165, 1.54) is 0 Å². The van der Waals surface area contributed by atoms with Crippen molar-refractivity contribution >= 4 is 21.4 Å². The molecule has 0 unspecified atom stereocenters. The first-order valence-corrected chi connectivity index (χ1v) is 13.5. The first-order chi connectivity index (χ1) is 16.7. The summed E-state index contributed by atoms with van der Waals surface area (Å²) < 4.78 is 31.2. The number of aromatic nitrogens is 2. The van der Waals surface area contributed by atoms with Crippen molar-refractivity contribution in [2.45, 2.75) is 38.9 Å². The van der Waals surface area contributed by atoms with Crippen molar-refractivity contribution < 1.29 is 17.9 Å². The van der Waals surface area contributed by atoms with Gasteiger partial charge < -0.3 is 10.1 Å². The molecule has 0 aliphatic carbocycles. The molecule has 9 heteroatoms. The van der Waals surface area contributed by atoms with Gasteiger partial charge in [-0.15, -0.1) is 0 Å². The molecule has 2 aromatic carbocycles. The molecular weight excluding hydrogens is 464 g/mol. The van der Waals surface area contributed by atoms with Gasteiger partial charge in [0.25, 0.3) is 0 Å². The number of sulfone groups is 1. The lowest BCUT2D eigenvalue weighted by molar-refractivity contribution is -0.121. The highest BCUT2D eigenvalue weighted by atomic mass is 32.2. The van der Waals surface area contributed by atoms with Crippen molar-refractivity contribution in [1.82, 2.24) is 14.7 Å². The second kappa shape index (κ2) is 10.2. The highest BCUT2D eigenvalue weighted by Crippen LogP contribution is 2.30. The topological polar surface area (TPSA) is 93.5 Å². The summed E-state index contributed by atoms with van der Waals surface area (Å²) >= 11 is 0. The molecule has 8 nitrogen and oxygen atoms in total. The van der Waals surface area contributed by atoms with Crippen LogP contribution in [0.25, 0.3) is 0 Å². The van der Waals surface area contributed by atoms with Gasteiger partial charge in [0.15, 0.2) is 9.84 Å². The maximum absolute atomic E-state index is 13.5. The zero-order valence-corrected chi connectivity index (χ0v) is 21.4. The Morgan fingerprint density at radius 3 is 2.60 bits per heavy atom. The van der Waals surface area contributed by atoms with Crippen LogP contribution < -0.4 is 10.1 Å². The van der Waals surface area contributed by atoms with Gasteiger partial charge >= 0.3 is 0 Å². The van der Waals surface area contributed by atoms with Crippen LogP contribution in [0.1, 0.15) is 41.0 Å². The van der Waals surface area contributed by atoms with Crippen LogP contribution in [-0.4, -0.2) is 54.7 Å². The molecule has 1 aliphatic rings. The largest absolute Gasteiger partial charge is 0.497 e. The Morgan fingerprint density at radius 2 is 1.94 bits per heavy atom. The number of aryl methyl sites for hydroxylation is 1. The van der Waals surface area contributed by atoms with Crippen LogP contribution >= 0.6 is 0 Å². The average Bonchev–Trinajstić information content (AvgIpc) is 3.33. The molecule has 186 valence electrons. The molecule has 0 radical (unpaired) electrons. The van der Waals surface area contributed by atoms with Crippen LogP contribution in [0.3, 0.4) is 0 Å². The van der Waals surface area contributed by atoms with E-state index < -0.39 is 15.9 Å². The fraction of sp³-hybridized carbons (Fsp3) is 0.385. The second-order valence-electron chi connectivity index (χ2n) is 9.10. The van der Waals surface area contributed by atoms with Gasteiger partial charge in [-0.2, -0.15) is 5.10 Å². The third kappa shape index (κ3) is 5.57. The summed E-state index contributed by atoms with van der Waals surface area (Å²) in [6, 6.07) is 16.2. The van der Waals surface area contributed by atoms with Gasteiger partial charge in [-0.1, -0.05) is 36.4 Å². The predicted molar refractivity (Wildman–Crippen MR) is 136 cm³/mol. The summed E-state index contributed by atoms with van der Waals surface area (Å²) in [5.41, 5.74) is 4.33. The van der Waals surface area contributed by atoms with E-state index in [1.807, 2.05) is 79.0 Å². The van der Waals surface area contributed by atoms with Gasteiger partial charge in [0.05, 0.1) is 30.4 Å². The van der Waals surface area contributed by atoms with Crippen LogP contribution in [0, 0.1) is 13.8 Å². The third-order valence-electron chi connectivity index (χ3n) is 6.58. The van der Waals surface area contributed by atoms with Crippen molar-refractivity contribution in [3.8, 4) is 5.75 Å². The van der Waals surface area contributed by atoms with Crippen molar-refractivity contribution in [3.05, 3.63) is 77.1 Å². The van der Waals surface area contributed by atoms with E-state index in [1.54, 1.807) is 13.2 Å². The fourth-order valence-electron chi connectivity index (χ4n) is 4.74. The Labute approximate surface area is 206 Å². The molecule has 0 saturated carbocycles. The van der Waals surface area contributed by atoms with E-state index in [4.69, 9.17) is 4.74 Å². The zero-order chi connectivity index (χ0) is 25.2. The van der Waals surface area contributed by atoms with Gasteiger partial charge in [0, 0.05) is 29.6 Å². The standard InChI is InChI=1S/C26H32N4O4S/c1-18-24(19(2)30(28-18)22-13-14-35(32,33)17-22)16-29(3)25(20-9-6-5-7-10-20)26(31)27-21-11-8-12-23(15-21)34-4/h5-12,15,22,25H,13-14,16-17H2,1-4H3,(H,27,31)/t22-,25+/m0/s1. The number of anilines is 1. The zero-order valence-electron chi connectivity index (χ0n) is 20.6. The normalized spacial score (nSPS) is 17.9. The molecule has 0 bridgehead atoms. The Kier molecular flexibility index (Phi) is 7.28. The van der Waals surface area contributed by atoms with E-state index in [9.17, 15) is 13.2 Å². The number of nitrogens with one attached hydrogen (secondary N) is 1. The molecule has 2 atom stereocenters. The number of ether oxygens (including phenoxy) is 1. The van der Waals surface area contributed by atoms with E-state index in [-0.39, 0.29) is 23.5 Å². The van der Waals surface area contributed by atoms with Crippen molar-refractivity contribution in [2.24, 2.45) is 0 Å². The number of rotatable bonds is 8. The van der Waals surface area contributed by atoms with E-state index in [0.717, 1.165) is 22.5 Å². The molecular formula is C26H32N4O4S. The van der Waals surface area contributed by atoms with Crippen LogP contribution in [0.2, 0.25) is 0 Å². The third-order valence-corrected chi connectivity index (χ3v) is 8.33. The van der Waals surface area contributed by atoms with Crippen LogP contribution in [0.5, 0.6) is 5.75 Å². The van der Waals surface area contributed by atoms with Crippen LogP contribution in [0.15, 0.2) is 54.6 Å². The quantitative estimate of drug-likeness (QED) is 0.511. The summed E-state index contributed by atoms with van der Waals surface area (Å²) in [6.45, 7) is 4.40. The number of amides is 1. The Balaban J connectivity index is 1.60. The minimum absolute atomic E-state index is 0.125. The number of likely N-dealkylation sites (N-methyl/N-ethyl adjacent to an activating group) is 1. The number of benzene rings is 2. The Morgan fingerprint density at radius 1 is 1.20 bits per heavy atom. The summed E-state index contributed by atoms with van der Waals surface area (Å²) in [5, 5.41) is 7.71. The number of nitrogens with zero attached hydrogens (tertiary/aromatic N) is 3. The minimum atomic E-state index is -3.02. The number of carbonyl (C=O) groups is 1. The van der Waals surface area contributed by atoms with Gasteiger partial charge in [-0.05, 0) is 45.0 Å². The molecule has 3 aromatic rings. The molecule has 1 N–H and O–H groups in total. The number of hydrogen-bond acceptors (Lipinski definition) is 6. The Hall–Kier alpha value is -3.17. The van der Waals surface area contributed by atoms with Crippen molar-refractivity contribution in [3.63, 3.8) is 0 Å². The van der Waals surface area contributed by atoms with Crippen molar-refractivity contribution in [2.75, 3.05) is 31.0 Å². The smallest absolute Gasteiger partial charge is 0.246 e. The predicted octanol–water partition coefficient (Wildman–Crippen LogP) is 3.68. The van der Waals surface area contributed by atoms with Gasteiger partial charge in [-0.3, -0.25) is 14.4 Å². The molecule has 1 aliphatic heterocycles. The first-order valence-electron chi connectivity index (χ1n) is 11.6. The maximum atomic E-state index is 13.5. The molecule has 1 amide bonds. The molecule has 1 aromatic heterocycles. The van der Waals surface area contributed by atoms with Gasteiger partial charge in [0.1, 0.15) is 11.8 Å². The SMILES string of the molecule is COc1cccc(NC(=O)[C@@H](c2ccccc2)N(C)Cc2c(C)nn([C@H]3CCS(=O)(=O)C3)c2C)c1. The lowest BCUT2D eigenvalue weighted by atomic mass is 10.0. The van der Waals surface area contributed by atoms with Crippen molar-refractivity contribution in [1.29, 1.82) is 0 Å². The Bertz CT molecular complexity index is 1300. The van der Waals surface area contributed by atoms with Gasteiger partial charge in [-0.25, -0.2) is 8.42 Å². The highest BCUT2D eigenvalue weighted by molar-refractivity contribution is 7.91. The van der Waals surface area contributed by atoms with Crippen LogP contribution in [-0.2, 0) is 21.2 Å². The number of carbonyl (C=O) groups excluding carboxylic acids is 1. The number of hydrogen-bond donors (Lipinski definition) is 1. The van der Waals surface area contributed by atoms with E-state index in [2.05, 4.69) is 10.4 Å². The summed E-state index contributed by atoms with van der Waals surface area (Å²) in [4.78, 5) is 15.5. The molecule has 4 rings (SSSR count). The highest BCUT2D eigenvalue weighted by Gasteiger charge is 2.32. The lowest BCUT2D eigenvalue weighted by Gasteiger charge is -2.28. The maximum Gasteiger partial charge on any atom is 0.246 e. The summed E-state index contributed by atoms with van der Waals surface area (Å²) in [7, 11) is 0.491. The summed E-state index contributed by atoms with van der Waals surface area (Å²) in [5.74, 6) is 0.836. The molecule has 2 heterocycles. The minimum Gasteiger partial charge on any atom is -0.497 e. The lowest BCUT2D eigenvalue weighted by Crippen LogP contribution is -2.34. The molecule has 1 saturated heterocycles. The van der Waals surface area contributed by atoms with Gasteiger partial charge in [0.2, 0.25) is 5.91 Å². The van der Waals surface area contributed by atoms with Crippen LogP contribution in [0.4, 0.5) is 5.69 Å². The van der Waals surface area contributed by atoms with E-state index in [0.29, 0.717) is 24.4 Å².